The SMILES string of the molecule is Cc1cccc(C(=O)N(C)CCCCCc2cc(-c3ccc(F)cc3)n[nH]2)c1. The number of hydrogen-bond donors (Lipinski definition) is 1. The van der Waals surface area contributed by atoms with Gasteiger partial charge in [-0.25, -0.2) is 4.39 Å². The third-order valence-electron chi connectivity index (χ3n) is 4.82. The van der Waals surface area contributed by atoms with E-state index < -0.39 is 0 Å². The predicted octanol–water partition coefficient (Wildman–Crippen LogP) is 5.01. The zero-order chi connectivity index (χ0) is 19.9. The Labute approximate surface area is 165 Å². The van der Waals surface area contributed by atoms with Gasteiger partial charge in [0.1, 0.15) is 5.82 Å². The fourth-order valence-corrected chi connectivity index (χ4v) is 3.20. The van der Waals surface area contributed by atoms with E-state index in [-0.39, 0.29) is 11.7 Å². The number of rotatable bonds is 8. The van der Waals surface area contributed by atoms with Gasteiger partial charge in [0.15, 0.2) is 0 Å². The van der Waals surface area contributed by atoms with Gasteiger partial charge in [-0.3, -0.25) is 9.89 Å². The van der Waals surface area contributed by atoms with Gasteiger partial charge in [0.25, 0.3) is 5.91 Å². The standard InChI is InChI=1S/C23H26FN3O/c1-17-7-6-8-19(15-17)23(28)27(2)14-5-3-4-9-21-16-22(26-25-21)18-10-12-20(24)13-11-18/h6-8,10-13,15-16H,3-5,9,14H2,1-2H3,(H,25,26). The molecule has 0 saturated carbocycles. The van der Waals surface area contributed by atoms with Crippen LogP contribution >= 0.6 is 0 Å². The van der Waals surface area contributed by atoms with Gasteiger partial charge >= 0.3 is 0 Å². The van der Waals surface area contributed by atoms with Crippen molar-refractivity contribution in [3.8, 4) is 11.3 Å². The van der Waals surface area contributed by atoms with Crippen LogP contribution in [-0.2, 0) is 6.42 Å². The Morgan fingerprint density at radius 3 is 2.61 bits per heavy atom. The fraction of sp³-hybridized carbons (Fsp3) is 0.304. The van der Waals surface area contributed by atoms with Gasteiger partial charge in [-0.15, -0.1) is 0 Å². The third-order valence-corrected chi connectivity index (χ3v) is 4.82. The van der Waals surface area contributed by atoms with E-state index in [0.29, 0.717) is 0 Å². The molecular formula is C23H26FN3O. The minimum absolute atomic E-state index is 0.0706. The zero-order valence-corrected chi connectivity index (χ0v) is 16.4. The van der Waals surface area contributed by atoms with Crippen molar-refractivity contribution in [1.29, 1.82) is 0 Å². The monoisotopic (exact) mass is 379 g/mol. The molecule has 28 heavy (non-hydrogen) atoms. The summed E-state index contributed by atoms with van der Waals surface area (Å²) in [7, 11) is 1.86. The average Bonchev–Trinajstić information content (AvgIpc) is 3.16. The first-order chi connectivity index (χ1) is 13.5. The van der Waals surface area contributed by atoms with Crippen LogP contribution in [0.25, 0.3) is 11.3 Å². The van der Waals surface area contributed by atoms with E-state index in [2.05, 4.69) is 10.2 Å². The van der Waals surface area contributed by atoms with Gasteiger partial charge in [-0.2, -0.15) is 5.10 Å². The van der Waals surface area contributed by atoms with E-state index in [1.807, 2.05) is 44.3 Å². The number of aromatic nitrogens is 2. The number of unbranched alkanes of at least 4 members (excludes halogenated alkanes) is 2. The second kappa shape index (κ2) is 9.31. The van der Waals surface area contributed by atoms with Crippen LogP contribution < -0.4 is 0 Å². The highest BCUT2D eigenvalue weighted by molar-refractivity contribution is 5.94. The van der Waals surface area contributed by atoms with Gasteiger partial charge in [0.05, 0.1) is 5.69 Å². The summed E-state index contributed by atoms with van der Waals surface area (Å²) in [6.45, 7) is 2.74. The van der Waals surface area contributed by atoms with Crippen molar-refractivity contribution in [2.75, 3.05) is 13.6 Å². The minimum atomic E-state index is -0.245. The summed E-state index contributed by atoms with van der Waals surface area (Å²) >= 11 is 0. The Bertz CT molecular complexity index is 918. The number of hydrogen-bond acceptors (Lipinski definition) is 2. The van der Waals surface area contributed by atoms with Gasteiger partial charge in [0, 0.05) is 30.4 Å². The van der Waals surface area contributed by atoms with Crippen molar-refractivity contribution < 1.29 is 9.18 Å². The largest absolute Gasteiger partial charge is 0.342 e. The molecule has 1 N–H and O–H groups in total. The van der Waals surface area contributed by atoms with Crippen molar-refractivity contribution in [3.05, 3.63) is 77.2 Å². The van der Waals surface area contributed by atoms with E-state index in [0.717, 1.165) is 60.3 Å². The highest BCUT2D eigenvalue weighted by Crippen LogP contribution is 2.19. The normalized spacial score (nSPS) is 10.8. The van der Waals surface area contributed by atoms with Crippen LogP contribution in [0.4, 0.5) is 4.39 Å². The molecule has 3 rings (SSSR count). The van der Waals surface area contributed by atoms with Crippen molar-refractivity contribution in [1.82, 2.24) is 15.1 Å². The summed E-state index contributed by atoms with van der Waals surface area (Å²) < 4.78 is 13.0. The third kappa shape index (κ3) is 5.28. The number of benzene rings is 2. The van der Waals surface area contributed by atoms with Gasteiger partial charge in [-0.05, 0) is 68.7 Å². The number of carbonyl (C=O) groups excluding carboxylic acids is 1. The molecule has 4 nitrogen and oxygen atoms in total. The Morgan fingerprint density at radius 1 is 1.07 bits per heavy atom. The predicted molar refractivity (Wildman–Crippen MR) is 110 cm³/mol. The molecule has 0 aliphatic carbocycles. The van der Waals surface area contributed by atoms with E-state index in [4.69, 9.17) is 0 Å². The van der Waals surface area contributed by atoms with Crippen LogP contribution in [0.15, 0.2) is 54.6 Å². The lowest BCUT2D eigenvalue weighted by atomic mass is 10.1. The van der Waals surface area contributed by atoms with Crippen molar-refractivity contribution in [2.24, 2.45) is 0 Å². The molecule has 2 aromatic carbocycles. The van der Waals surface area contributed by atoms with Crippen LogP contribution in [0.3, 0.4) is 0 Å². The molecule has 1 amide bonds. The molecule has 146 valence electrons. The highest BCUT2D eigenvalue weighted by atomic mass is 19.1. The lowest BCUT2D eigenvalue weighted by Gasteiger charge is -2.17. The first-order valence-electron chi connectivity index (χ1n) is 9.65. The summed E-state index contributed by atoms with van der Waals surface area (Å²) in [6.07, 6.45) is 3.94. The Morgan fingerprint density at radius 2 is 1.86 bits per heavy atom. The van der Waals surface area contributed by atoms with E-state index in [1.165, 1.54) is 12.1 Å². The number of aryl methyl sites for hydroxylation is 2. The smallest absolute Gasteiger partial charge is 0.253 e. The minimum Gasteiger partial charge on any atom is -0.342 e. The molecule has 0 saturated heterocycles. The molecule has 0 spiro atoms. The summed E-state index contributed by atoms with van der Waals surface area (Å²) in [5, 5.41) is 7.36. The van der Waals surface area contributed by atoms with E-state index >= 15 is 0 Å². The van der Waals surface area contributed by atoms with Crippen LogP contribution in [0.1, 0.15) is 40.9 Å². The molecule has 0 atom stereocenters. The molecule has 0 unspecified atom stereocenters. The molecule has 0 radical (unpaired) electrons. The summed E-state index contributed by atoms with van der Waals surface area (Å²) in [5.74, 6) is -0.174. The Kier molecular flexibility index (Phi) is 6.58. The number of nitrogens with zero attached hydrogens (tertiary/aromatic N) is 2. The molecule has 3 aromatic rings. The number of nitrogens with one attached hydrogen (secondary N) is 1. The highest BCUT2D eigenvalue weighted by Gasteiger charge is 2.11. The maximum atomic E-state index is 13.0. The molecule has 0 fully saturated rings. The van der Waals surface area contributed by atoms with Crippen LogP contribution in [0, 0.1) is 12.7 Å². The maximum Gasteiger partial charge on any atom is 0.253 e. The first-order valence-corrected chi connectivity index (χ1v) is 9.65. The second-order valence-electron chi connectivity index (χ2n) is 7.19. The van der Waals surface area contributed by atoms with Gasteiger partial charge < -0.3 is 4.90 Å². The number of aromatic amines is 1. The molecule has 5 heteroatoms. The maximum absolute atomic E-state index is 13.0. The lowest BCUT2D eigenvalue weighted by molar-refractivity contribution is 0.0792. The number of H-pyrrole nitrogens is 1. The van der Waals surface area contributed by atoms with Crippen molar-refractivity contribution >= 4 is 5.91 Å². The second-order valence-corrected chi connectivity index (χ2v) is 7.19. The summed E-state index contributed by atoms with van der Waals surface area (Å²) in [6, 6.07) is 16.1. The topological polar surface area (TPSA) is 49.0 Å². The number of amides is 1. The average molecular weight is 379 g/mol. The molecule has 0 aliphatic heterocycles. The molecule has 1 heterocycles. The van der Waals surface area contributed by atoms with Crippen molar-refractivity contribution in [2.45, 2.75) is 32.6 Å². The quantitative estimate of drug-likeness (QED) is 0.559. The number of carbonyl (C=O) groups is 1. The summed E-state index contributed by atoms with van der Waals surface area (Å²) in [5.41, 5.74) is 4.65. The number of halogens is 1. The van der Waals surface area contributed by atoms with Crippen LogP contribution in [-0.4, -0.2) is 34.6 Å². The summed E-state index contributed by atoms with van der Waals surface area (Å²) in [4.78, 5) is 14.2. The Hall–Kier alpha value is -2.95. The first kappa shape index (κ1) is 19.8. The zero-order valence-electron chi connectivity index (χ0n) is 16.4. The molecule has 1 aromatic heterocycles. The molecule has 0 bridgehead atoms. The van der Waals surface area contributed by atoms with Crippen molar-refractivity contribution in [3.63, 3.8) is 0 Å². The van der Waals surface area contributed by atoms with Gasteiger partial charge in [-0.1, -0.05) is 24.1 Å². The Balaban J connectivity index is 1.40. The van der Waals surface area contributed by atoms with Crippen LogP contribution in [0.2, 0.25) is 0 Å². The van der Waals surface area contributed by atoms with Gasteiger partial charge in [0.2, 0.25) is 0 Å². The molecule has 0 aliphatic rings. The molecular weight excluding hydrogens is 353 g/mol. The van der Waals surface area contributed by atoms with E-state index in [1.54, 1.807) is 17.0 Å². The fourth-order valence-electron chi connectivity index (χ4n) is 3.20. The van der Waals surface area contributed by atoms with E-state index in [9.17, 15) is 9.18 Å². The lowest BCUT2D eigenvalue weighted by Crippen LogP contribution is -2.27. The van der Waals surface area contributed by atoms with Crippen LogP contribution in [0.5, 0.6) is 0 Å².